The minimum absolute atomic E-state index is 0.0211. The third-order valence-corrected chi connectivity index (χ3v) is 7.51. The quantitative estimate of drug-likeness (QED) is 0.514. The van der Waals surface area contributed by atoms with Gasteiger partial charge in [0.2, 0.25) is 11.8 Å². The summed E-state index contributed by atoms with van der Waals surface area (Å²) in [6, 6.07) is 17.4. The van der Waals surface area contributed by atoms with E-state index in [2.05, 4.69) is 45.1 Å². The lowest BCUT2D eigenvalue weighted by molar-refractivity contribution is -0.134. The molecule has 1 spiro atoms. The summed E-state index contributed by atoms with van der Waals surface area (Å²) in [5.74, 6) is 0.483. The summed E-state index contributed by atoms with van der Waals surface area (Å²) in [6.07, 6.45) is 8.31. The zero-order chi connectivity index (χ0) is 27.3. The van der Waals surface area contributed by atoms with E-state index in [1.165, 1.54) is 5.56 Å². The number of hydrogen-bond acceptors (Lipinski definition) is 5. The highest BCUT2D eigenvalue weighted by Gasteiger charge is 2.40. The number of carbonyl (C=O) groups excluding carboxylic acids is 3. The summed E-state index contributed by atoms with van der Waals surface area (Å²) < 4.78 is 5.89. The summed E-state index contributed by atoms with van der Waals surface area (Å²) >= 11 is 0. The SMILES string of the molecule is O=C(CN1CCC2(C/C=C\CCOc3ccccc3C(=O)NCCCNC2=O)CC1)NCCc1ccccc1. The van der Waals surface area contributed by atoms with Gasteiger partial charge in [-0.05, 0) is 69.3 Å². The molecule has 4 rings (SSSR count). The van der Waals surface area contributed by atoms with Gasteiger partial charge in [-0.1, -0.05) is 54.6 Å². The zero-order valence-electron chi connectivity index (χ0n) is 22.6. The fraction of sp³-hybridized carbons (Fsp3) is 0.452. The molecule has 0 saturated carbocycles. The number of piperidine rings is 1. The molecule has 3 amide bonds. The average molecular weight is 533 g/mol. The number of para-hydroxylation sites is 1. The number of rotatable bonds is 5. The van der Waals surface area contributed by atoms with Crippen molar-refractivity contribution in [2.24, 2.45) is 5.41 Å². The minimum atomic E-state index is -0.495. The van der Waals surface area contributed by atoms with E-state index >= 15 is 0 Å². The highest BCUT2D eigenvalue weighted by Crippen LogP contribution is 2.36. The van der Waals surface area contributed by atoms with E-state index in [9.17, 15) is 14.4 Å². The summed E-state index contributed by atoms with van der Waals surface area (Å²) in [4.78, 5) is 40.6. The minimum Gasteiger partial charge on any atom is -0.492 e. The van der Waals surface area contributed by atoms with Gasteiger partial charge in [-0.3, -0.25) is 19.3 Å². The van der Waals surface area contributed by atoms with Gasteiger partial charge in [-0.15, -0.1) is 0 Å². The Morgan fingerprint density at radius 3 is 2.51 bits per heavy atom. The van der Waals surface area contributed by atoms with E-state index in [1.54, 1.807) is 6.07 Å². The smallest absolute Gasteiger partial charge is 0.255 e. The van der Waals surface area contributed by atoms with Crippen molar-refractivity contribution in [2.45, 2.75) is 38.5 Å². The Labute approximate surface area is 231 Å². The number of nitrogens with zero attached hydrogens (tertiary/aromatic N) is 1. The molecule has 8 heteroatoms. The van der Waals surface area contributed by atoms with E-state index in [-0.39, 0.29) is 17.7 Å². The van der Waals surface area contributed by atoms with Crippen molar-refractivity contribution in [2.75, 3.05) is 45.9 Å². The van der Waals surface area contributed by atoms with Crippen LogP contribution in [0.3, 0.4) is 0 Å². The van der Waals surface area contributed by atoms with E-state index in [1.807, 2.05) is 36.4 Å². The summed E-state index contributed by atoms with van der Waals surface area (Å²) in [7, 11) is 0. The second-order valence-electron chi connectivity index (χ2n) is 10.3. The second-order valence-corrected chi connectivity index (χ2v) is 10.3. The topological polar surface area (TPSA) is 99.8 Å². The summed E-state index contributed by atoms with van der Waals surface area (Å²) in [5.41, 5.74) is 1.23. The van der Waals surface area contributed by atoms with Crippen LogP contribution in [-0.4, -0.2) is 68.5 Å². The van der Waals surface area contributed by atoms with E-state index in [4.69, 9.17) is 4.74 Å². The standard InChI is InChI=1S/C31H40N4O4/c36-28(32-20-14-25-10-3-1-4-11-25)24-35-21-16-31(17-22-35)15-7-2-8-23-39-27-13-6-5-12-26(27)29(37)33-18-9-19-34-30(31)38/h1-7,10-13H,8-9,14-24H2,(H,32,36)(H,33,37)(H,34,38)/b7-2-. The Morgan fingerprint density at radius 2 is 1.69 bits per heavy atom. The molecule has 208 valence electrons. The molecule has 2 aromatic carbocycles. The van der Waals surface area contributed by atoms with Gasteiger partial charge in [0.25, 0.3) is 5.91 Å². The van der Waals surface area contributed by atoms with Crippen molar-refractivity contribution in [3.63, 3.8) is 0 Å². The number of benzene rings is 2. The molecule has 1 saturated heterocycles. The van der Waals surface area contributed by atoms with Crippen LogP contribution in [0.2, 0.25) is 0 Å². The Bertz CT molecular complexity index is 1130. The third-order valence-electron chi connectivity index (χ3n) is 7.51. The van der Waals surface area contributed by atoms with Gasteiger partial charge >= 0.3 is 0 Å². The monoisotopic (exact) mass is 532 g/mol. The first-order chi connectivity index (χ1) is 19.1. The molecule has 0 atom stereocenters. The second kappa shape index (κ2) is 14.5. The lowest BCUT2D eigenvalue weighted by Crippen LogP contribution is -2.50. The van der Waals surface area contributed by atoms with Gasteiger partial charge in [0.1, 0.15) is 5.75 Å². The number of amides is 3. The Kier molecular flexibility index (Phi) is 10.5. The molecular formula is C31H40N4O4. The lowest BCUT2D eigenvalue weighted by atomic mass is 9.74. The van der Waals surface area contributed by atoms with Crippen molar-refractivity contribution in [3.05, 3.63) is 77.9 Å². The van der Waals surface area contributed by atoms with E-state index in [0.717, 1.165) is 6.42 Å². The molecule has 1 fully saturated rings. The van der Waals surface area contributed by atoms with E-state index in [0.29, 0.717) is 89.3 Å². The summed E-state index contributed by atoms with van der Waals surface area (Å²) in [6.45, 7) is 3.77. The van der Waals surface area contributed by atoms with Gasteiger partial charge in [-0.2, -0.15) is 0 Å². The molecule has 0 unspecified atom stereocenters. The maximum atomic E-state index is 13.4. The highest BCUT2D eigenvalue weighted by atomic mass is 16.5. The molecule has 0 aliphatic carbocycles. The summed E-state index contributed by atoms with van der Waals surface area (Å²) in [5, 5.41) is 9.06. The molecule has 0 aromatic heterocycles. The van der Waals surface area contributed by atoms with Crippen molar-refractivity contribution in [3.8, 4) is 5.75 Å². The Balaban J connectivity index is 1.29. The molecule has 0 bridgehead atoms. The third kappa shape index (κ3) is 8.42. The molecule has 2 heterocycles. The lowest BCUT2D eigenvalue weighted by Gasteiger charge is -2.40. The number of hydrogen-bond donors (Lipinski definition) is 3. The first kappa shape index (κ1) is 28.4. The molecule has 2 aliphatic heterocycles. The van der Waals surface area contributed by atoms with Gasteiger partial charge in [0.15, 0.2) is 0 Å². The van der Waals surface area contributed by atoms with Crippen LogP contribution in [0, 0.1) is 5.41 Å². The van der Waals surface area contributed by atoms with Crippen LogP contribution in [0.25, 0.3) is 0 Å². The van der Waals surface area contributed by atoms with Crippen LogP contribution < -0.4 is 20.7 Å². The van der Waals surface area contributed by atoms with Gasteiger partial charge in [0, 0.05) is 19.6 Å². The van der Waals surface area contributed by atoms with Gasteiger partial charge in [0.05, 0.1) is 24.1 Å². The molecule has 8 nitrogen and oxygen atoms in total. The van der Waals surface area contributed by atoms with Crippen LogP contribution >= 0.6 is 0 Å². The Hall–Kier alpha value is -3.65. The zero-order valence-corrected chi connectivity index (χ0v) is 22.6. The first-order valence-electron chi connectivity index (χ1n) is 14.0. The Morgan fingerprint density at radius 1 is 0.949 bits per heavy atom. The fourth-order valence-electron chi connectivity index (χ4n) is 5.13. The van der Waals surface area contributed by atoms with Crippen molar-refractivity contribution >= 4 is 17.7 Å². The number of ether oxygens (including phenoxy) is 1. The van der Waals surface area contributed by atoms with Crippen LogP contribution in [0.1, 0.15) is 48.0 Å². The fourth-order valence-corrected chi connectivity index (χ4v) is 5.13. The molecule has 2 aliphatic rings. The molecule has 2 aromatic rings. The van der Waals surface area contributed by atoms with Crippen LogP contribution in [0.15, 0.2) is 66.7 Å². The highest BCUT2D eigenvalue weighted by molar-refractivity contribution is 5.96. The largest absolute Gasteiger partial charge is 0.492 e. The predicted octanol–water partition coefficient (Wildman–Crippen LogP) is 3.09. The van der Waals surface area contributed by atoms with E-state index < -0.39 is 5.41 Å². The maximum Gasteiger partial charge on any atom is 0.255 e. The van der Waals surface area contributed by atoms with Crippen LogP contribution in [0.5, 0.6) is 5.75 Å². The number of likely N-dealkylation sites (tertiary alicyclic amines) is 1. The van der Waals surface area contributed by atoms with Crippen molar-refractivity contribution < 1.29 is 19.1 Å². The number of nitrogens with one attached hydrogen (secondary N) is 3. The number of carbonyl (C=O) groups is 3. The number of allylic oxidation sites excluding steroid dienone is 1. The van der Waals surface area contributed by atoms with Gasteiger partial charge < -0.3 is 20.7 Å². The normalized spacial score (nSPS) is 19.7. The molecular weight excluding hydrogens is 492 g/mol. The molecule has 39 heavy (non-hydrogen) atoms. The number of fused-ring (bicyclic) bond motifs is 1. The first-order valence-corrected chi connectivity index (χ1v) is 14.0. The van der Waals surface area contributed by atoms with Crippen LogP contribution in [-0.2, 0) is 16.0 Å². The maximum absolute atomic E-state index is 13.4. The average Bonchev–Trinajstić information content (AvgIpc) is 2.95. The van der Waals surface area contributed by atoms with Gasteiger partial charge in [-0.25, -0.2) is 0 Å². The molecule has 0 radical (unpaired) electrons. The van der Waals surface area contributed by atoms with Crippen molar-refractivity contribution in [1.82, 2.24) is 20.9 Å². The van der Waals surface area contributed by atoms with Crippen molar-refractivity contribution in [1.29, 1.82) is 0 Å². The van der Waals surface area contributed by atoms with Crippen LogP contribution in [0.4, 0.5) is 0 Å². The predicted molar refractivity (Wildman–Crippen MR) is 152 cm³/mol. The molecule has 3 N–H and O–H groups in total.